The van der Waals surface area contributed by atoms with Crippen molar-refractivity contribution in [3.8, 4) is 0 Å². The SMILES string of the molecule is O=C(Cc1cscc1NS(=O)(=O)c1c(Cl)cc(Cl)cc1Cl)N1CCOCC1. The summed E-state index contributed by atoms with van der Waals surface area (Å²) in [6.45, 7) is 2.06. The molecule has 0 unspecified atom stereocenters. The van der Waals surface area contributed by atoms with Crippen LogP contribution in [0.25, 0.3) is 0 Å². The summed E-state index contributed by atoms with van der Waals surface area (Å²) in [5.74, 6) is -0.0836. The van der Waals surface area contributed by atoms with Crippen LogP contribution in [0.4, 0.5) is 5.69 Å². The fraction of sp³-hybridized carbons (Fsp3) is 0.312. The highest BCUT2D eigenvalue weighted by Crippen LogP contribution is 2.34. The number of halogens is 3. The van der Waals surface area contributed by atoms with Crippen LogP contribution in [0.5, 0.6) is 0 Å². The Hall–Kier alpha value is -1.03. The fourth-order valence-electron chi connectivity index (χ4n) is 2.62. The highest BCUT2D eigenvalue weighted by molar-refractivity contribution is 7.93. The number of nitrogens with one attached hydrogen (secondary N) is 1. The molecule has 146 valence electrons. The average molecular weight is 470 g/mol. The lowest BCUT2D eigenvalue weighted by atomic mass is 10.2. The summed E-state index contributed by atoms with van der Waals surface area (Å²) >= 11 is 19.2. The molecule has 1 aromatic carbocycles. The fourth-order valence-corrected chi connectivity index (χ4v) is 6.12. The van der Waals surface area contributed by atoms with Crippen molar-refractivity contribution in [3.63, 3.8) is 0 Å². The van der Waals surface area contributed by atoms with Gasteiger partial charge in [-0.2, -0.15) is 0 Å². The van der Waals surface area contributed by atoms with E-state index in [0.29, 0.717) is 37.6 Å². The Morgan fingerprint density at radius 1 is 1.15 bits per heavy atom. The van der Waals surface area contributed by atoms with E-state index >= 15 is 0 Å². The highest BCUT2D eigenvalue weighted by Gasteiger charge is 2.25. The molecule has 0 bridgehead atoms. The highest BCUT2D eigenvalue weighted by atomic mass is 35.5. The minimum Gasteiger partial charge on any atom is -0.378 e. The van der Waals surface area contributed by atoms with Crippen LogP contribution in [0.2, 0.25) is 15.1 Å². The number of amides is 1. The second-order valence-electron chi connectivity index (χ2n) is 5.78. The summed E-state index contributed by atoms with van der Waals surface area (Å²) in [5, 5.41) is 3.43. The summed E-state index contributed by atoms with van der Waals surface area (Å²) in [4.78, 5) is 13.9. The molecule has 1 saturated heterocycles. The van der Waals surface area contributed by atoms with Gasteiger partial charge in [-0.25, -0.2) is 8.42 Å². The molecule has 11 heteroatoms. The predicted molar refractivity (Wildman–Crippen MR) is 108 cm³/mol. The molecule has 27 heavy (non-hydrogen) atoms. The standard InChI is InChI=1S/C16H15Cl3N2O4S2/c17-11-6-12(18)16(13(19)7-11)27(23,24)20-14-9-26-8-10(14)5-15(22)21-1-3-25-4-2-21/h6-9,20H,1-5H2. The van der Waals surface area contributed by atoms with E-state index in [1.807, 2.05) is 0 Å². The van der Waals surface area contributed by atoms with Crippen LogP contribution >= 0.6 is 46.1 Å². The number of hydrogen-bond donors (Lipinski definition) is 1. The van der Waals surface area contributed by atoms with Crippen LogP contribution < -0.4 is 4.72 Å². The molecule has 1 N–H and O–H groups in total. The molecule has 2 heterocycles. The molecule has 0 radical (unpaired) electrons. The van der Waals surface area contributed by atoms with Gasteiger partial charge >= 0.3 is 0 Å². The molecule has 3 rings (SSSR count). The first-order valence-electron chi connectivity index (χ1n) is 7.86. The molecule has 1 aromatic heterocycles. The minimum absolute atomic E-state index is 0.0822. The molecular formula is C16H15Cl3N2O4S2. The third-order valence-electron chi connectivity index (χ3n) is 3.92. The zero-order chi connectivity index (χ0) is 19.6. The Kier molecular flexibility index (Phi) is 6.55. The van der Waals surface area contributed by atoms with Gasteiger partial charge in [-0.05, 0) is 23.1 Å². The van der Waals surface area contributed by atoms with Crippen LogP contribution in [0.1, 0.15) is 5.56 Å². The molecule has 6 nitrogen and oxygen atoms in total. The number of anilines is 1. The Bertz CT molecular complexity index is 933. The zero-order valence-corrected chi connectivity index (χ0v) is 17.8. The van der Waals surface area contributed by atoms with Gasteiger partial charge in [0, 0.05) is 23.5 Å². The quantitative estimate of drug-likeness (QED) is 0.720. The predicted octanol–water partition coefficient (Wildman–Crippen LogP) is 3.91. The van der Waals surface area contributed by atoms with Crippen molar-refractivity contribution in [2.45, 2.75) is 11.3 Å². The van der Waals surface area contributed by atoms with E-state index in [2.05, 4.69) is 4.72 Å². The molecule has 1 aliphatic rings. The van der Waals surface area contributed by atoms with Gasteiger partial charge in [0.15, 0.2) is 0 Å². The Labute approximate surface area is 176 Å². The van der Waals surface area contributed by atoms with Crippen molar-refractivity contribution in [2.75, 3.05) is 31.0 Å². The second-order valence-corrected chi connectivity index (χ2v) is 9.40. The Morgan fingerprint density at radius 3 is 2.41 bits per heavy atom. The van der Waals surface area contributed by atoms with Gasteiger partial charge in [0.25, 0.3) is 10.0 Å². The molecular weight excluding hydrogens is 455 g/mol. The van der Waals surface area contributed by atoms with E-state index < -0.39 is 10.0 Å². The number of thiophene rings is 1. The molecule has 1 aliphatic heterocycles. The van der Waals surface area contributed by atoms with Crippen molar-refractivity contribution < 1.29 is 17.9 Å². The Morgan fingerprint density at radius 2 is 1.78 bits per heavy atom. The monoisotopic (exact) mass is 468 g/mol. The summed E-state index contributed by atoms with van der Waals surface area (Å²) in [6.07, 6.45) is 0.0867. The summed E-state index contributed by atoms with van der Waals surface area (Å²) < 4.78 is 33.2. The number of carbonyl (C=O) groups excluding carboxylic acids is 1. The van der Waals surface area contributed by atoms with Crippen LogP contribution in [0.3, 0.4) is 0 Å². The first kappa shape index (κ1) is 20.7. The first-order chi connectivity index (χ1) is 12.8. The van der Waals surface area contributed by atoms with Crippen molar-refractivity contribution in [1.82, 2.24) is 4.90 Å². The summed E-state index contributed by atoms with van der Waals surface area (Å²) in [5.41, 5.74) is 0.907. The molecule has 0 atom stereocenters. The van der Waals surface area contributed by atoms with Crippen molar-refractivity contribution >= 4 is 67.8 Å². The van der Waals surface area contributed by atoms with Gasteiger partial charge in [-0.15, -0.1) is 11.3 Å². The molecule has 1 fully saturated rings. The second kappa shape index (κ2) is 8.55. The minimum atomic E-state index is -4.06. The van der Waals surface area contributed by atoms with E-state index in [1.54, 1.807) is 15.7 Å². The van der Waals surface area contributed by atoms with E-state index in [-0.39, 0.29) is 32.3 Å². The number of nitrogens with zero attached hydrogens (tertiary/aromatic N) is 1. The summed E-state index contributed by atoms with van der Waals surface area (Å²) in [6, 6.07) is 2.61. The maximum atomic E-state index is 12.8. The topological polar surface area (TPSA) is 75.7 Å². The van der Waals surface area contributed by atoms with E-state index in [1.165, 1.54) is 23.5 Å². The van der Waals surface area contributed by atoms with Gasteiger partial charge in [0.2, 0.25) is 5.91 Å². The lowest BCUT2D eigenvalue weighted by Crippen LogP contribution is -2.41. The number of sulfonamides is 1. The van der Waals surface area contributed by atoms with Crippen molar-refractivity contribution in [2.24, 2.45) is 0 Å². The summed E-state index contributed by atoms with van der Waals surface area (Å²) in [7, 11) is -4.06. The maximum absolute atomic E-state index is 12.8. The molecule has 2 aromatic rings. The number of carbonyl (C=O) groups is 1. The molecule has 0 saturated carbocycles. The van der Waals surface area contributed by atoms with Crippen molar-refractivity contribution in [3.05, 3.63) is 43.5 Å². The molecule has 1 amide bonds. The zero-order valence-electron chi connectivity index (χ0n) is 13.9. The number of ether oxygens (including phenoxy) is 1. The van der Waals surface area contributed by atoms with Crippen LogP contribution in [0.15, 0.2) is 27.8 Å². The van der Waals surface area contributed by atoms with Crippen LogP contribution in [-0.2, 0) is 26.0 Å². The van der Waals surface area contributed by atoms with Gasteiger partial charge in [-0.1, -0.05) is 34.8 Å². The van der Waals surface area contributed by atoms with E-state index in [0.717, 1.165) is 0 Å². The van der Waals surface area contributed by atoms with Crippen LogP contribution in [0, 0.1) is 0 Å². The Balaban J connectivity index is 1.81. The van der Waals surface area contributed by atoms with Gasteiger partial charge in [0.1, 0.15) is 4.90 Å². The van der Waals surface area contributed by atoms with E-state index in [4.69, 9.17) is 39.5 Å². The number of rotatable bonds is 5. The lowest BCUT2D eigenvalue weighted by molar-refractivity contribution is -0.134. The van der Waals surface area contributed by atoms with Crippen molar-refractivity contribution in [1.29, 1.82) is 0 Å². The van der Waals surface area contributed by atoms with Gasteiger partial charge in [0.05, 0.1) is 35.4 Å². The normalized spacial score (nSPS) is 15.0. The number of benzene rings is 1. The molecule has 0 spiro atoms. The van der Waals surface area contributed by atoms with E-state index in [9.17, 15) is 13.2 Å². The smallest absolute Gasteiger partial charge is 0.264 e. The maximum Gasteiger partial charge on any atom is 0.264 e. The third kappa shape index (κ3) is 4.88. The number of hydrogen-bond acceptors (Lipinski definition) is 5. The largest absolute Gasteiger partial charge is 0.378 e. The molecule has 0 aliphatic carbocycles. The average Bonchev–Trinajstić information content (AvgIpc) is 3.00. The first-order valence-corrected chi connectivity index (χ1v) is 11.4. The number of morpholine rings is 1. The van der Waals surface area contributed by atoms with Gasteiger partial charge < -0.3 is 9.64 Å². The van der Waals surface area contributed by atoms with Crippen LogP contribution in [-0.4, -0.2) is 45.5 Å². The van der Waals surface area contributed by atoms with Gasteiger partial charge in [-0.3, -0.25) is 9.52 Å². The third-order valence-corrected chi connectivity index (χ3v) is 7.22. The lowest BCUT2D eigenvalue weighted by Gasteiger charge is -2.26.